The van der Waals surface area contributed by atoms with Crippen LogP contribution in [-0.2, 0) is 30.4 Å². The van der Waals surface area contributed by atoms with Gasteiger partial charge in [0.25, 0.3) is 0 Å². The fourth-order valence-electron chi connectivity index (χ4n) is 4.57. The Morgan fingerprint density at radius 1 is 0.935 bits per heavy atom. The summed E-state index contributed by atoms with van der Waals surface area (Å²) in [6, 6.07) is 3.22. The molecule has 1 heterocycles. The van der Waals surface area contributed by atoms with Crippen molar-refractivity contribution < 1.29 is 22.3 Å². The molecule has 2 aromatic rings. The SMILES string of the molecule is C=CCCc1cc2c(c(F)c1F)-c1c(cc(CCC3CC=C(C)OC3)c(F)c1F)CC2. The molecule has 31 heavy (non-hydrogen) atoms. The number of hydrogen-bond donors (Lipinski definition) is 0. The van der Waals surface area contributed by atoms with Crippen molar-refractivity contribution in [3.63, 3.8) is 0 Å². The molecule has 0 saturated heterocycles. The molecule has 0 spiro atoms. The largest absolute Gasteiger partial charge is 0.498 e. The molecule has 1 aliphatic heterocycles. The third-order valence-corrected chi connectivity index (χ3v) is 6.37. The molecule has 0 N–H and O–H groups in total. The number of halogens is 4. The van der Waals surface area contributed by atoms with E-state index in [2.05, 4.69) is 6.58 Å². The molecule has 0 saturated carbocycles. The maximum Gasteiger partial charge on any atom is 0.167 e. The number of ether oxygens (including phenoxy) is 1. The second kappa shape index (κ2) is 8.89. The minimum Gasteiger partial charge on any atom is -0.498 e. The zero-order valence-corrected chi connectivity index (χ0v) is 17.7. The van der Waals surface area contributed by atoms with Crippen LogP contribution in [0.3, 0.4) is 0 Å². The zero-order chi connectivity index (χ0) is 22.1. The van der Waals surface area contributed by atoms with Crippen LogP contribution >= 0.6 is 0 Å². The average Bonchev–Trinajstić information content (AvgIpc) is 2.77. The quantitative estimate of drug-likeness (QED) is 0.354. The lowest BCUT2D eigenvalue weighted by atomic mass is 9.82. The van der Waals surface area contributed by atoms with Crippen molar-refractivity contribution in [3.05, 3.63) is 82.1 Å². The van der Waals surface area contributed by atoms with Gasteiger partial charge in [-0.1, -0.05) is 18.2 Å². The van der Waals surface area contributed by atoms with Crippen LogP contribution in [0.25, 0.3) is 11.1 Å². The first-order chi connectivity index (χ1) is 14.9. The second-order valence-electron chi connectivity index (χ2n) is 8.49. The molecule has 2 aliphatic rings. The summed E-state index contributed by atoms with van der Waals surface area (Å²) in [6.45, 7) is 6.08. The third-order valence-electron chi connectivity index (χ3n) is 6.37. The van der Waals surface area contributed by atoms with Crippen molar-refractivity contribution in [1.82, 2.24) is 0 Å². The summed E-state index contributed by atoms with van der Waals surface area (Å²) in [5, 5.41) is 0. The van der Waals surface area contributed by atoms with Gasteiger partial charge in [-0.05, 0) is 86.1 Å². The molecule has 0 bridgehead atoms. The number of rotatable bonds is 6. The fourth-order valence-corrected chi connectivity index (χ4v) is 4.57. The first-order valence-electron chi connectivity index (χ1n) is 10.8. The van der Waals surface area contributed by atoms with E-state index in [1.54, 1.807) is 18.2 Å². The van der Waals surface area contributed by atoms with Crippen molar-refractivity contribution in [2.45, 2.75) is 51.9 Å². The lowest BCUT2D eigenvalue weighted by Gasteiger charge is -2.25. The summed E-state index contributed by atoms with van der Waals surface area (Å²) in [4.78, 5) is 0. The van der Waals surface area contributed by atoms with E-state index in [0.717, 1.165) is 12.2 Å². The highest BCUT2D eigenvalue weighted by Gasteiger charge is 2.30. The van der Waals surface area contributed by atoms with Crippen LogP contribution in [0.15, 0.2) is 36.6 Å². The first-order valence-corrected chi connectivity index (χ1v) is 10.8. The van der Waals surface area contributed by atoms with Crippen molar-refractivity contribution in [1.29, 1.82) is 0 Å². The molecule has 1 atom stereocenters. The summed E-state index contributed by atoms with van der Waals surface area (Å²) < 4.78 is 65.2. The summed E-state index contributed by atoms with van der Waals surface area (Å²) >= 11 is 0. The number of allylic oxidation sites excluding steroid dienone is 3. The van der Waals surface area contributed by atoms with Crippen molar-refractivity contribution in [2.24, 2.45) is 5.92 Å². The van der Waals surface area contributed by atoms with Gasteiger partial charge < -0.3 is 4.74 Å². The summed E-state index contributed by atoms with van der Waals surface area (Å²) in [5.74, 6) is -2.99. The van der Waals surface area contributed by atoms with Crippen LogP contribution in [0.1, 0.15) is 48.4 Å². The minimum atomic E-state index is -1.09. The van der Waals surface area contributed by atoms with Crippen molar-refractivity contribution in [2.75, 3.05) is 6.61 Å². The molecule has 1 unspecified atom stereocenters. The molecule has 164 valence electrons. The predicted octanol–water partition coefficient (Wildman–Crippen LogP) is 7.00. The molecule has 1 aliphatic carbocycles. The third kappa shape index (κ3) is 4.15. The van der Waals surface area contributed by atoms with Crippen molar-refractivity contribution in [3.8, 4) is 11.1 Å². The number of benzene rings is 2. The molecule has 0 radical (unpaired) electrons. The highest BCUT2D eigenvalue weighted by molar-refractivity contribution is 5.75. The van der Waals surface area contributed by atoms with Gasteiger partial charge in [-0.15, -0.1) is 6.58 Å². The Balaban J connectivity index is 1.66. The Hall–Kier alpha value is -2.56. The molecule has 2 aromatic carbocycles. The van der Waals surface area contributed by atoms with Gasteiger partial charge in [-0.3, -0.25) is 0 Å². The topological polar surface area (TPSA) is 9.23 Å². The molecule has 4 rings (SSSR count). The lowest BCUT2D eigenvalue weighted by molar-refractivity contribution is 0.143. The van der Waals surface area contributed by atoms with Gasteiger partial charge >= 0.3 is 0 Å². The van der Waals surface area contributed by atoms with E-state index in [9.17, 15) is 13.2 Å². The van der Waals surface area contributed by atoms with Gasteiger partial charge in [0.1, 0.15) is 0 Å². The van der Waals surface area contributed by atoms with E-state index >= 15 is 4.39 Å². The fraction of sp³-hybridized carbons (Fsp3) is 0.385. The average molecular weight is 430 g/mol. The maximum absolute atomic E-state index is 15.1. The van der Waals surface area contributed by atoms with E-state index in [4.69, 9.17) is 4.74 Å². The zero-order valence-electron chi connectivity index (χ0n) is 17.7. The Bertz CT molecular complexity index is 1050. The van der Waals surface area contributed by atoms with Crippen LogP contribution in [0.2, 0.25) is 0 Å². The van der Waals surface area contributed by atoms with Gasteiger partial charge in [0.2, 0.25) is 0 Å². The van der Waals surface area contributed by atoms with E-state index in [-0.39, 0.29) is 28.2 Å². The molecule has 1 nitrogen and oxygen atoms in total. The molecule has 0 fully saturated rings. The van der Waals surface area contributed by atoms with Gasteiger partial charge in [-0.2, -0.15) is 0 Å². The molecule has 0 amide bonds. The van der Waals surface area contributed by atoms with Crippen LogP contribution < -0.4 is 0 Å². The van der Waals surface area contributed by atoms with E-state index < -0.39 is 23.3 Å². The summed E-state index contributed by atoms with van der Waals surface area (Å²) in [7, 11) is 0. The number of hydrogen-bond acceptors (Lipinski definition) is 1. The molecule has 0 aromatic heterocycles. The Kier molecular flexibility index (Phi) is 6.22. The molecular weight excluding hydrogens is 404 g/mol. The van der Waals surface area contributed by atoms with E-state index in [1.165, 1.54) is 0 Å². The maximum atomic E-state index is 15.1. The van der Waals surface area contributed by atoms with Gasteiger partial charge in [0, 0.05) is 11.1 Å². The lowest BCUT2D eigenvalue weighted by Crippen LogP contribution is -2.16. The van der Waals surface area contributed by atoms with Crippen molar-refractivity contribution >= 4 is 0 Å². The highest BCUT2D eigenvalue weighted by atomic mass is 19.2. The smallest absolute Gasteiger partial charge is 0.167 e. The normalized spacial score (nSPS) is 17.5. The van der Waals surface area contributed by atoms with Gasteiger partial charge in [-0.25, -0.2) is 17.6 Å². The standard InChI is InChI=1S/C26H26F4O/c1-3-4-5-19-12-17-10-11-18-13-20(9-8-16-7-6-15(2)31-14-16)24(28)26(30)22(18)21(17)25(29)23(19)27/h3,6,12-13,16H,1,4-5,7-11,14H2,2H3. The van der Waals surface area contributed by atoms with Crippen LogP contribution in [0.5, 0.6) is 0 Å². The summed E-state index contributed by atoms with van der Waals surface area (Å²) in [6.07, 6.45) is 7.31. The van der Waals surface area contributed by atoms with Crippen LogP contribution in [0, 0.1) is 29.2 Å². The molecular formula is C26H26F4O. The Morgan fingerprint density at radius 2 is 1.52 bits per heavy atom. The predicted molar refractivity (Wildman–Crippen MR) is 114 cm³/mol. The summed E-state index contributed by atoms with van der Waals surface area (Å²) in [5.41, 5.74) is 1.33. The Labute approximate surface area is 180 Å². The van der Waals surface area contributed by atoms with Crippen LogP contribution in [-0.4, -0.2) is 6.61 Å². The first kappa shape index (κ1) is 21.7. The number of fused-ring (bicyclic) bond motifs is 3. The van der Waals surface area contributed by atoms with Gasteiger partial charge in [0.15, 0.2) is 23.3 Å². The van der Waals surface area contributed by atoms with E-state index in [1.807, 2.05) is 13.0 Å². The van der Waals surface area contributed by atoms with Crippen LogP contribution in [0.4, 0.5) is 17.6 Å². The Morgan fingerprint density at radius 3 is 2.03 bits per heavy atom. The minimum absolute atomic E-state index is 0.131. The number of aryl methyl sites for hydroxylation is 4. The highest BCUT2D eigenvalue weighted by Crippen LogP contribution is 2.41. The monoisotopic (exact) mass is 430 g/mol. The molecule has 5 heteroatoms. The van der Waals surface area contributed by atoms with E-state index in [0.29, 0.717) is 56.3 Å². The second-order valence-corrected chi connectivity index (χ2v) is 8.49. The van der Waals surface area contributed by atoms with Gasteiger partial charge in [0.05, 0.1) is 12.4 Å².